The van der Waals surface area contributed by atoms with Crippen LogP contribution in [0.5, 0.6) is 0 Å². The maximum atomic E-state index is 5.62. The molecule has 0 saturated carbocycles. The Morgan fingerprint density at radius 2 is 1.44 bits per heavy atom. The van der Waals surface area contributed by atoms with Crippen LogP contribution >= 0.6 is 0 Å². The molecule has 1 aromatic heterocycles. The van der Waals surface area contributed by atoms with Gasteiger partial charge in [0.05, 0.1) is 11.0 Å². The van der Waals surface area contributed by atoms with Crippen molar-refractivity contribution >= 4 is 21.8 Å². The van der Waals surface area contributed by atoms with Crippen LogP contribution in [-0.4, -0.2) is 11.7 Å². The third-order valence-corrected chi connectivity index (χ3v) is 3.53. The van der Waals surface area contributed by atoms with Gasteiger partial charge < -0.3 is 9.30 Å². The van der Waals surface area contributed by atoms with E-state index in [0.29, 0.717) is 0 Å². The van der Waals surface area contributed by atoms with Gasteiger partial charge in [0.2, 0.25) is 0 Å². The summed E-state index contributed by atoms with van der Waals surface area (Å²) in [5.41, 5.74) is 2.49. The zero-order chi connectivity index (χ0) is 12.5. The smallest absolute Gasteiger partial charge is 0.133 e. The molecule has 0 saturated heterocycles. The summed E-state index contributed by atoms with van der Waals surface area (Å²) in [6.07, 6.45) is 1.05. The minimum absolute atomic E-state index is 0.0924. The molecular formula is C16H17NO. The van der Waals surface area contributed by atoms with Gasteiger partial charge >= 0.3 is 0 Å². The van der Waals surface area contributed by atoms with E-state index >= 15 is 0 Å². The first-order valence-corrected chi connectivity index (χ1v) is 6.37. The highest BCUT2D eigenvalue weighted by Gasteiger charge is 2.15. The summed E-state index contributed by atoms with van der Waals surface area (Å²) >= 11 is 0. The Morgan fingerprint density at radius 1 is 0.944 bits per heavy atom. The van der Waals surface area contributed by atoms with Gasteiger partial charge in [0.25, 0.3) is 0 Å². The number of benzene rings is 2. The third kappa shape index (κ3) is 1.53. The summed E-state index contributed by atoms with van der Waals surface area (Å²) < 4.78 is 7.92. The van der Waals surface area contributed by atoms with Crippen LogP contribution in [0, 0.1) is 0 Å². The summed E-state index contributed by atoms with van der Waals surface area (Å²) in [4.78, 5) is 0. The van der Waals surface area contributed by atoms with Crippen LogP contribution in [0.2, 0.25) is 0 Å². The molecule has 2 aromatic carbocycles. The van der Waals surface area contributed by atoms with E-state index in [1.165, 1.54) is 21.8 Å². The van der Waals surface area contributed by atoms with Crippen molar-refractivity contribution in [3.63, 3.8) is 0 Å². The number of hydrogen-bond acceptors (Lipinski definition) is 1. The van der Waals surface area contributed by atoms with Crippen molar-refractivity contribution in [2.75, 3.05) is 7.11 Å². The normalized spacial score (nSPS) is 13.2. The highest BCUT2D eigenvalue weighted by atomic mass is 16.5. The summed E-state index contributed by atoms with van der Waals surface area (Å²) in [6, 6.07) is 17.0. The molecule has 92 valence electrons. The lowest BCUT2D eigenvalue weighted by atomic mass is 10.2. The lowest BCUT2D eigenvalue weighted by Crippen LogP contribution is -2.09. The molecule has 1 atom stereocenters. The van der Waals surface area contributed by atoms with E-state index < -0.39 is 0 Å². The van der Waals surface area contributed by atoms with Gasteiger partial charge in [0, 0.05) is 17.9 Å². The van der Waals surface area contributed by atoms with Crippen LogP contribution in [0.4, 0.5) is 0 Å². The van der Waals surface area contributed by atoms with Crippen LogP contribution in [0.3, 0.4) is 0 Å². The summed E-state index contributed by atoms with van der Waals surface area (Å²) in [6.45, 7) is 2.15. The van der Waals surface area contributed by atoms with E-state index in [9.17, 15) is 0 Å². The van der Waals surface area contributed by atoms with Gasteiger partial charge in [0.15, 0.2) is 0 Å². The Hall–Kier alpha value is -1.80. The summed E-state index contributed by atoms with van der Waals surface area (Å²) in [5.74, 6) is 0. The molecule has 0 radical (unpaired) electrons. The highest BCUT2D eigenvalue weighted by molar-refractivity contribution is 6.08. The predicted octanol–water partition coefficient (Wildman–Crippen LogP) is 4.35. The first kappa shape index (κ1) is 11.3. The minimum atomic E-state index is 0.0924. The predicted molar refractivity (Wildman–Crippen MR) is 75.8 cm³/mol. The standard InChI is InChI=1S/C16H17NO/c1-3-16(18-2)17-14-10-6-4-8-12(14)13-9-5-7-11-15(13)17/h4-11,16H,3H2,1-2H3/t16-/m0/s1. The molecule has 2 heteroatoms. The lowest BCUT2D eigenvalue weighted by molar-refractivity contribution is 0.0480. The van der Waals surface area contributed by atoms with Gasteiger partial charge in [-0.1, -0.05) is 43.3 Å². The van der Waals surface area contributed by atoms with E-state index in [2.05, 4.69) is 60.0 Å². The van der Waals surface area contributed by atoms with Gasteiger partial charge in [-0.05, 0) is 18.6 Å². The van der Waals surface area contributed by atoms with E-state index in [1.807, 2.05) is 0 Å². The Bertz CT molecular complexity index is 626. The van der Waals surface area contributed by atoms with Gasteiger partial charge in [-0.25, -0.2) is 0 Å². The molecule has 0 aliphatic rings. The molecule has 1 heterocycles. The van der Waals surface area contributed by atoms with Gasteiger partial charge in [-0.3, -0.25) is 0 Å². The topological polar surface area (TPSA) is 14.2 Å². The molecule has 0 spiro atoms. The number of ether oxygens (including phenoxy) is 1. The average molecular weight is 239 g/mol. The van der Waals surface area contributed by atoms with Crippen molar-refractivity contribution in [2.24, 2.45) is 0 Å². The highest BCUT2D eigenvalue weighted by Crippen LogP contribution is 2.32. The Kier molecular flexibility index (Phi) is 2.80. The van der Waals surface area contributed by atoms with Crippen LogP contribution in [0.25, 0.3) is 21.8 Å². The van der Waals surface area contributed by atoms with Gasteiger partial charge in [-0.15, -0.1) is 0 Å². The van der Waals surface area contributed by atoms with E-state index in [0.717, 1.165) is 6.42 Å². The van der Waals surface area contributed by atoms with Gasteiger partial charge in [0.1, 0.15) is 6.23 Å². The van der Waals surface area contributed by atoms with Crippen molar-refractivity contribution in [2.45, 2.75) is 19.6 Å². The molecule has 3 aromatic rings. The number of fused-ring (bicyclic) bond motifs is 3. The van der Waals surface area contributed by atoms with Crippen LogP contribution in [0.1, 0.15) is 19.6 Å². The number of methoxy groups -OCH3 is 1. The maximum absolute atomic E-state index is 5.62. The van der Waals surface area contributed by atoms with Crippen molar-refractivity contribution in [1.82, 2.24) is 4.57 Å². The monoisotopic (exact) mass is 239 g/mol. The fourth-order valence-electron chi connectivity index (χ4n) is 2.72. The molecule has 0 amide bonds. The van der Waals surface area contributed by atoms with Crippen molar-refractivity contribution in [3.8, 4) is 0 Å². The zero-order valence-electron chi connectivity index (χ0n) is 10.8. The second kappa shape index (κ2) is 4.46. The number of nitrogens with zero attached hydrogens (tertiary/aromatic N) is 1. The molecule has 0 aliphatic carbocycles. The summed E-state index contributed by atoms with van der Waals surface area (Å²) in [7, 11) is 1.78. The lowest BCUT2D eigenvalue weighted by Gasteiger charge is -2.17. The largest absolute Gasteiger partial charge is 0.361 e. The third-order valence-electron chi connectivity index (χ3n) is 3.53. The van der Waals surface area contributed by atoms with Crippen LogP contribution in [0.15, 0.2) is 48.5 Å². The molecule has 0 bridgehead atoms. The molecular weight excluding hydrogens is 222 g/mol. The fraction of sp³-hybridized carbons (Fsp3) is 0.250. The first-order valence-electron chi connectivity index (χ1n) is 6.37. The molecule has 0 N–H and O–H groups in total. The minimum Gasteiger partial charge on any atom is -0.361 e. The number of rotatable bonds is 3. The number of hydrogen-bond donors (Lipinski definition) is 0. The second-order valence-electron chi connectivity index (χ2n) is 4.50. The van der Waals surface area contributed by atoms with E-state index in [1.54, 1.807) is 7.11 Å². The number of para-hydroxylation sites is 2. The first-order chi connectivity index (χ1) is 8.86. The second-order valence-corrected chi connectivity index (χ2v) is 4.50. The molecule has 3 rings (SSSR count). The van der Waals surface area contributed by atoms with E-state index in [4.69, 9.17) is 4.74 Å². The van der Waals surface area contributed by atoms with Crippen molar-refractivity contribution in [1.29, 1.82) is 0 Å². The molecule has 2 nitrogen and oxygen atoms in total. The Balaban J connectivity index is 2.45. The Morgan fingerprint density at radius 3 is 1.89 bits per heavy atom. The van der Waals surface area contributed by atoms with Crippen molar-refractivity contribution in [3.05, 3.63) is 48.5 Å². The van der Waals surface area contributed by atoms with Crippen LogP contribution < -0.4 is 0 Å². The molecule has 0 aliphatic heterocycles. The van der Waals surface area contributed by atoms with Gasteiger partial charge in [-0.2, -0.15) is 0 Å². The van der Waals surface area contributed by atoms with Crippen LogP contribution in [-0.2, 0) is 4.74 Å². The van der Waals surface area contributed by atoms with Crippen molar-refractivity contribution < 1.29 is 4.74 Å². The Labute approximate surface area is 107 Å². The average Bonchev–Trinajstić information content (AvgIpc) is 2.76. The maximum Gasteiger partial charge on any atom is 0.133 e. The fourth-order valence-corrected chi connectivity index (χ4v) is 2.72. The SMILES string of the molecule is CC[C@H](OC)n1c2ccccc2c2ccccc21. The number of aromatic nitrogens is 1. The molecule has 18 heavy (non-hydrogen) atoms. The zero-order valence-corrected chi connectivity index (χ0v) is 10.8. The molecule has 0 unspecified atom stereocenters. The summed E-state index contributed by atoms with van der Waals surface area (Å²) in [5, 5.41) is 2.59. The molecule has 0 fully saturated rings. The van der Waals surface area contributed by atoms with E-state index in [-0.39, 0.29) is 6.23 Å². The quantitative estimate of drug-likeness (QED) is 0.662.